The summed E-state index contributed by atoms with van der Waals surface area (Å²) in [7, 11) is 0. The molecule has 0 aliphatic carbocycles. The van der Waals surface area contributed by atoms with Gasteiger partial charge in [0.1, 0.15) is 28.8 Å². The zero-order chi connectivity index (χ0) is 27.0. The normalized spacial score (nSPS) is 11.9. The molecule has 37 heavy (non-hydrogen) atoms. The second-order valence-electron chi connectivity index (χ2n) is 7.97. The van der Waals surface area contributed by atoms with Crippen molar-refractivity contribution in [2.45, 2.75) is 17.9 Å². The number of hydrogen-bond donors (Lipinski definition) is 1. The van der Waals surface area contributed by atoms with Crippen LogP contribution in [0.2, 0.25) is 0 Å². The Balaban J connectivity index is 1.80. The summed E-state index contributed by atoms with van der Waals surface area (Å²) >= 11 is 3.97. The van der Waals surface area contributed by atoms with Crippen LogP contribution in [0.15, 0.2) is 65.6 Å². The summed E-state index contributed by atoms with van der Waals surface area (Å²) < 4.78 is 107. The zero-order valence-corrected chi connectivity index (χ0v) is 19.7. The first-order valence-electron chi connectivity index (χ1n) is 10.6. The van der Waals surface area contributed by atoms with Crippen molar-refractivity contribution in [3.63, 3.8) is 0 Å². The molecular weight excluding hydrogens is 521 g/mol. The molecule has 0 aromatic heterocycles. The van der Waals surface area contributed by atoms with Crippen LogP contribution in [-0.4, -0.2) is 5.97 Å². The zero-order valence-electron chi connectivity index (χ0n) is 18.8. The Kier molecular flexibility index (Phi) is 7.31. The van der Waals surface area contributed by atoms with Gasteiger partial charge in [-0.15, -0.1) is 12.6 Å². The first-order chi connectivity index (χ1) is 17.5. The van der Waals surface area contributed by atoms with Crippen LogP contribution in [0.3, 0.4) is 0 Å². The highest BCUT2D eigenvalue weighted by Gasteiger charge is 2.33. The van der Waals surface area contributed by atoms with Crippen LogP contribution in [0.5, 0.6) is 0 Å². The van der Waals surface area contributed by atoms with Gasteiger partial charge in [0.2, 0.25) is 0 Å². The maximum atomic E-state index is 14.9. The number of carbonyl (C=O) groups is 1. The van der Waals surface area contributed by atoms with Gasteiger partial charge in [0.25, 0.3) is 0 Å². The molecule has 1 unspecified atom stereocenters. The third-order valence-electron chi connectivity index (χ3n) is 5.62. The van der Waals surface area contributed by atoms with E-state index in [2.05, 4.69) is 12.6 Å². The van der Waals surface area contributed by atoms with Crippen molar-refractivity contribution in [1.82, 2.24) is 0 Å². The molecule has 4 aromatic rings. The number of benzene rings is 4. The van der Waals surface area contributed by atoms with Crippen molar-refractivity contribution in [3.8, 4) is 11.1 Å². The number of hydrogen-bond acceptors (Lipinski definition) is 3. The molecule has 0 N–H and O–H groups in total. The maximum Gasteiger partial charge on any atom is 0.345 e. The fraction of sp³-hybridized carbons (Fsp3) is 0.0741. The number of carbonyl (C=O) groups excluding carboxylic acids is 1. The standard InChI is InChI=1S/C27H15F7O2S/c1-12-22(31)21(24(33)25(34)23(12)32)26(13-5-3-2-4-6-13)36-27(35)20-18(29)9-14(10-19(20)30)16-8-7-15(37)11-17(16)28/h2-11,26,37H,1H3. The fourth-order valence-corrected chi connectivity index (χ4v) is 3.94. The SMILES string of the molecule is Cc1c(F)c(F)c(F)c(C(OC(=O)c2c(F)cc(-c3ccc(S)cc3F)cc2F)c2ccccc2)c1F. The lowest BCUT2D eigenvalue weighted by molar-refractivity contribution is 0.0353. The van der Waals surface area contributed by atoms with Gasteiger partial charge in [-0.25, -0.2) is 35.5 Å². The summed E-state index contributed by atoms with van der Waals surface area (Å²) in [6.45, 7) is 0.845. The summed E-state index contributed by atoms with van der Waals surface area (Å²) in [5, 5.41) is 0. The number of thiol groups is 1. The molecule has 0 saturated heterocycles. The average molecular weight is 536 g/mol. The van der Waals surface area contributed by atoms with Crippen molar-refractivity contribution >= 4 is 18.6 Å². The number of esters is 1. The second-order valence-corrected chi connectivity index (χ2v) is 8.49. The van der Waals surface area contributed by atoms with E-state index in [0.717, 1.165) is 13.0 Å². The Hall–Kier alpha value is -3.79. The van der Waals surface area contributed by atoms with Crippen molar-refractivity contribution in [1.29, 1.82) is 0 Å². The van der Waals surface area contributed by atoms with Gasteiger partial charge in [-0.05, 0) is 42.3 Å². The second kappa shape index (κ2) is 10.3. The molecule has 10 heteroatoms. The van der Waals surface area contributed by atoms with Crippen molar-refractivity contribution in [3.05, 3.63) is 124 Å². The van der Waals surface area contributed by atoms with E-state index >= 15 is 0 Å². The highest BCUT2D eigenvalue weighted by Crippen LogP contribution is 2.36. The number of ether oxygens (including phenoxy) is 1. The summed E-state index contributed by atoms with van der Waals surface area (Å²) in [5.74, 6) is -12.7. The highest BCUT2D eigenvalue weighted by molar-refractivity contribution is 7.80. The monoisotopic (exact) mass is 536 g/mol. The van der Waals surface area contributed by atoms with E-state index in [-0.39, 0.29) is 21.6 Å². The van der Waals surface area contributed by atoms with Crippen LogP contribution in [-0.2, 0) is 4.74 Å². The Labute approximate surface area is 211 Å². The third-order valence-corrected chi connectivity index (χ3v) is 5.89. The number of rotatable bonds is 5. The molecule has 4 aromatic carbocycles. The van der Waals surface area contributed by atoms with Crippen molar-refractivity contribution < 1.29 is 40.3 Å². The van der Waals surface area contributed by atoms with Gasteiger partial charge in [0, 0.05) is 16.0 Å². The van der Waals surface area contributed by atoms with Gasteiger partial charge >= 0.3 is 5.97 Å². The van der Waals surface area contributed by atoms with Gasteiger partial charge < -0.3 is 4.74 Å². The molecule has 0 amide bonds. The topological polar surface area (TPSA) is 26.3 Å². The first-order valence-corrected chi connectivity index (χ1v) is 11.0. The summed E-state index contributed by atoms with van der Waals surface area (Å²) in [5.41, 5.74) is -3.81. The minimum atomic E-state index is -2.04. The first kappa shape index (κ1) is 26.3. The van der Waals surface area contributed by atoms with Crippen molar-refractivity contribution in [2.24, 2.45) is 0 Å². The molecule has 2 nitrogen and oxygen atoms in total. The van der Waals surface area contributed by atoms with E-state index in [9.17, 15) is 35.5 Å². The van der Waals surface area contributed by atoms with E-state index < -0.39 is 69.5 Å². The number of halogens is 7. The Morgan fingerprint density at radius 1 is 0.757 bits per heavy atom. The molecular formula is C27H15F7O2S. The summed E-state index contributed by atoms with van der Waals surface area (Å²) in [4.78, 5) is 13.1. The van der Waals surface area contributed by atoms with Crippen LogP contribution >= 0.6 is 12.6 Å². The molecule has 1 atom stereocenters. The maximum absolute atomic E-state index is 14.9. The molecule has 0 aliphatic heterocycles. The molecule has 0 aliphatic rings. The summed E-state index contributed by atoms with van der Waals surface area (Å²) in [6.07, 6.45) is -2.04. The fourth-order valence-electron chi connectivity index (χ4n) is 3.75. The molecule has 0 saturated carbocycles. The average Bonchev–Trinajstić information content (AvgIpc) is 2.86. The largest absolute Gasteiger partial charge is 0.449 e. The molecule has 0 heterocycles. The molecule has 190 valence electrons. The summed E-state index contributed by atoms with van der Waals surface area (Å²) in [6, 6.07) is 11.8. The molecule has 0 spiro atoms. The highest BCUT2D eigenvalue weighted by atomic mass is 32.1. The lowest BCUT2D eigenvalue weighted by Gasteiger charge is -2.22. The minimum absolute atomic E-state index is 0.0922. The predicted octanol–water partition coefficient (Wildman–Crippen LogP) is 7.87. The lowest BCUT2D eigenvalue weighted by Crippen LogP contribution is -2.19. The lowest BCUT2D eigenvalue weighted by atomic mass is 9.97. The predicted molar refractivity (Wildman–Crippen MR) is 124 cm³/mol. The van der Waals surface area contributed by atoms with Gasteiger partial charge in [0.05, 0.1) is 5.56 Å². The smallest absolute Gasteiger partial charge is 0.345 e. The van der Waals surface area contributed by atoms with Gasteiger partial charge in [0.15, 0.2) is 23.6 Å². The quantitative estimate of drug-likeness (QED) is 0.0924. The Morgan fingerprint density at radius 2 is 1.38 bits per heavy atom. The van der Waals surface area contributed by atoms with Crippen LogP contribution in [0.4, 0.5) is 30.7 Å². The van der Waals surface area contributed by atoms with Crippen LogP contribution in [0.1, 0.15) is 33.2 Å². The van der Waals surface area contributed by atoms with E-state index in [0.29, 0.717) is 12.1 Å². The van der Waals surface area contributed by atoms with E-state index in [4.69, 9.17) is 4.74 Å². The van der Waals surface area contributed by atoms with E-state index in [1.165, 1.54) is 42.5 Å². The van der Waals surface area contributed by atoms with E-state index in [1.54, 1.807) is 0 Å². The van der Waals surface area contributed by atoms with Gasteiger partial charge in [-0.1, -0.05) is 36.4 Å². The molecule has 0 radical (unpaired) electrons. The Bertz CT molecular complexity index is 1470. The molecule has 0 fully saturated rings. The van der Waals surface area contributed by atoms with Crippen LogP contribution in [0, 0.1) is 47.6 Å². The van der Waals surface area contributed by atoms with Crippen molar-refractivity contribution in [2.75, 3.05) is 0 Å². The Morgan fingerprint density at radius 3 is 1.97 bits per heavy atom. The van der Waals surface area contributed by atoms with Crippen LogP contribution < -0.4 is 0 Å². The van der Waals surface area contributed by atoms with Gasteiger partial charge in [-0.2, -0.15) is 0 Å². The van der Waals surface area contributed by atoms with Gasteiger partial charge in [-0.3, -0.25) is 0 Å². The van der Waals surface area contributed by atoms with Crippen LogP contribution in [0.25, 0.3) is 11.1 Å². The molecule has 4 rings (SSSR count). The molecule has 0 bridgehead atoms. The third kappa shape index (κ3) is 4.93. The minimum Gasteiger partial charge on any atom is -0.449 e. The van der Waals surface area contributed by atoms with E-state index in [1.807, 2.05) is 0 Å².